The van der Waals surface area contributed by atoms with E-state index in [-0.39, 0.29) is 5.91 Å². The largest absolute Gasteiger partial charge is 0.493 e. The van der Waals surface area contributed by atoms with Gasteiger partial charge in [-0.2, -0.15) is 0 Å². The van der Waals surface area contributed by atoms with Crippen LogP contribution in [0.15, 0.2) is 47.5 Å². The molecule has 0 aliphatic rings. The van der Waals surface area contributed by atoms with Crippen molar-refractivity contribution in [2.75, 3.05) is 32.6 Å². The minimum atomic E-state index is -0.102. The van der Waals surface area contributed by atoms with Gasteiger partial charge in [-0.15, -0.1) is 0 Å². The summed E-state index contributed by atoms with van der Waals surface area (Å²) in [6, 6.07) is 13.0. The van der Waals surface area contributed by atoms with Crippen LogP contribution in [0.5, 0.6) is 11.5 Å². The van der Waals surface area contributed by atoms with Crippen molar-refractivity contribution < 1.29 is 14.3 Å². The van der Waals surface area contributed by atoms with Crippen molar-refractivity contribution in [2.24, 2.45) is 4.99 Å². The van der Waals surface area contributed by atoms with Gasteiger partial charge in [0.1, 0.15) is 0 Å². The van der Waals surface area contributed by atoms with Crippen molar-refractivity contribution in [1.82, 2.24) is 10.6 Å². The molecular formula is C21H28N4O3. The average Bonchev–Trinajstić information content (AvgIpc) is 2.72. The molecule has 0 spiro atoms. The standard InChI is InChI=1S/C21H28N4O3/c1-5-23-21(24-14-15-7-9-16(10-8-15)20(26)22-3)25-17-11-12-18(27-4)19(13-17)28-6-2/h7-13H,5-6,14H2,1-4H3,(H,22,26)(H2,23,24,25). The Morgan fingerprint density at radius 2 is 1.82 bits per heavy atom. The third-order valence-corrected chi connectivity index (χ3v) is 3.93. The van der Waals surface area contributed by atoms with Gasteiger partial charge in [-0.1, -0.05) is 12.1 Å². The van der Waals surface area contributed by atoms with Crippen molar-refractivity contribution in [3.05, 3.63) is 53.6 Å². The van der Waals surface area contributed by atoms with Gasteiger partial charge in [-0.3, -0.25) is 4.79 Å². The molecule has 0 heterocycles. The zero-order valence-corrected chi connectivity index (χ0v) is 16.8. The lowest BCUT2D eigenvalue weighted by molar-refractivity contribution is 0.0963. The molecule has 7 heteroatoms. The molecule has 2 rings (SSSR count). The van der Waals surface area contributed by atoms with Gasteiger partial charge >= 0.3 is 0 Å². The number of carbonyl (C=O) groups excluding carboxylic acids is 1. The Balaban J connectivity index is 2.12. The lowest BCUT2D eigenvalue weighted by Gasteiger charge is -2.14. The van der Waals surface area contributed by atoms with E-state index in [0.717, 1.165) is 17.8 Å². The Morgan fingerprint density at radius 1 is 1.07 bits per heavy atom. The maximum Gasteiger partial charge on any atom is 0.251 e. The summed E-state index contributed by atoms with van der Waals surface area (Å²) in [7, 11) is 3.23. The van der Waals surface area contributed by atoms with Gasteiger partial charge in [-0.05, 0) is 43.7 Å². The van der Waals surface area contributed by atoms with Crippen molar-refractivity contribution in [3.8, 4) is 11.5 Å². The molecule has 0 aliphatic heterocycles. The first-order chi connectivity index (χ1) is 13.6. The lowest BCUT2D eigenvalue weighted by Crippen LogP contribution is -2.30. The van der Waals surface area contributed by atoms with Gasteiger partial charge < -0.3 is 25.4 Å². The van der Waals surface area contributed by atoms with E-state index in [4.69, 9.17) is 9.47 Å². The van der Waals surface area contributed by atoms with E-state index in [0.29, 0.717) is 36.2 Å². The fourth-order valence-electron chi connectivity index (χ4n) is 2.54. The Labute approximate surface area is 166 Å². The van der Waals surface area contributed by atoms with Gasteiger partial charge in [-0.25, -0.2) is 4.99 Å². The molecule has 0 unspecified atom stereocenters. The highest BCUT2D eigenvalue weighted by Crippen LogP contribution is 2.30. The quantitative estimate of drug-likeness (QED) is 0.481. The summed E-state index contributed by atoms with van der Waals surface area (Å²) in [5.74, 6) is 1.92. The number of hydrogen-bond donors (Lipinski definition) is 3. The SMILES string of the molecule is CCNC(=NCc1ccc(C(=O)NC)cc1)Nc1ccc(OC)c(OCC)c1. The number of nitrogens with one attached hydrogen (secondary N) is 3. The number of carbonyl (C=O) groups is 1. The number of anilines is 1. The molecule has 0 atom stereocenters. The number of methoxy groups -OCH3 is 1. The molecule has 0 fully saturated rings. The van der Waals surface area contributed by atoms with Crippen LogP contribution in [0, 0.1) is 0 Å². The molecule has 1 amide bonds. The van der Waals surface area contributed by atoms with Crippen molar-refractivity contribution in [2.45, 2.75) is 20.4 Å². The molecule has 3 N–H and O–H groups in total. The van der Waals surface area contributed by atoms with E-state index in [2.05, 4.69) is 20.9 Å². The number of hydrogen-bond acceptors (Lipinski definition) is 4. The van der Waals surface area contributed by atoms with E-state index in [1.54, 1.807) is 26.3 Å². The van der Waals surface area contributed by atoms with E-state index >= 15 is 0 Å². The van der Waals surface area contributed by atoms with E-state index in [9.17, 15) is 4.79 Å². The predicted molar refractivity (Wildman–Crippen MR) is 112 cm³/mol. The van der Waals surface area contributed by atoms with Crippen molar-refractivity contribution in [3.63, 3.8) is 0 Å². The summed E-state index contributed by atoms with van der Waals surface area (Å²) in [6.07, 6.45) is 0. The Bertz CT molecular complexity index is 804. The molecule has 0 aromatic heterocycles. The summed E-state index contributed by atoms with van der Waals surface area (Å²) in [6.45, 7) is 5.71. The van der Waals surface area contributed by atoms with Gasteiger partial charge in [0.25, 0.3) is 5.91 Å². The van der Waals surface area contributed by atoms with Crippen molar-refractivity contribution in [1.29, 1.82) is 0 Å². The normalized spacial score (nSPS) is 10.9. The van der Waals surface area contributed by atoms with Crippen LogP contribution in [0.1, 0.15) is 29.8 Å². The van der Waals surface area contributed by atoms with Crippen LogP contribution < -0.4 is 25.4 Å². The van der Waals surface area contributed by atoms with Crippen LogP contribution >= 0.6 is 0 Å². The average molecular weight is 384 g/mol. The van der Waals surface area contributed by atoms with Crippen LogP contribution in [0.25, 0.3) is 0 Å². The fraction of sp³-hybridized carbons (Fsp3) is 0.333. The highest BCUT2D eigenvalue weighted by Gasteiger charge is 2.07. The highest BCUT2D eigenvalue weighted by molar-refractivity contribution is 5.94. The molecule has 7 nitrogen and oxygen atoms in total. The Kier molecular flexibility index (Phi) is 8.14. The maximum atomic E-state index is 11.6. The van der Waals surface area contributed by atoms with E-state index < -0.39 is 0 Å². The molecule has 150 valence electrons. The number of nitrogens with zero attached hydrogens (tertiary/aromatic N) is 1. The third-order valence-electron chi connectivity index (χ3n) is 3.93. The number of benzene rings is 2. The van der Waals surface area contributed by atoms with Crippen LogP contribution in [-0.4, -0.2) is 39.2 Å². The number of amides is 1. The summed E-state index contributed by atoms with van der Waals surface area (Å²) in [5, 5.41) is 9.11. The molecule has 0 aliphatic carbocycles. The Hall–Kier alpha value is -3.22. The first-order valence-electron chi connectivity index (χ1n) is 9.28. The minimum Gasteiger partial charge on any atom is -0.493 e. The maximum absolute atomic E-state index is 11.6. The molecule has 0 saturated carbocycles. The van der Waals surface area contributed by atoms with Gasteiger partial charge in [0.2, 0.25) is 0 Å². The van der Waals surface area contributed by atoms with E-state index in [1.165, 1.54) is 0 Å². The summed E-state index contributed by atoms with van der Waals surface area (Å²) in [5.41, 5.74) is 2.48. The number of rotatable bonds is 8. The summed E-state index contributed by atoms with van der Waals surface area (Å²) < 4.78 is 10.9. The van der Waals surface area contributed by atoms with Crippen LogP contribution in [0.3, 0.4) is 0 Å². The summed E-state index contributed by atoms with van der Waals surface area (Å²) in [4.78, 5) is 16.2. The lowest BCUT2D eigenvalue weighted by atomic mass is 10.1. The zero-order chi connectivity index (χ0) is 20.4. The molecule has 28 heavy (non-hydrogen) atoms. The van der Waals surface area contributed by atoms with Gasteiger partial charge in [0, 0.05) is 30.9 Å². The fourth-order valence-corrected chi connectivity index (χ4v) is 2.54. The van der Waals surface area contributed by atoms with Crippen LogP contribution in [0.4, 0.5) is 5.69 Å². The first kappa shape index (κ1) is 21.1. The van der Waals surface area contributed by atoms with Crippen LogP contribution in [0.2, 0.25) is 0 Å². The van der Waals surface area contributed by atoms with Crippen molar-refractivity contribution >= 4 is 17.6 Å². The molecule has 0 radical (unpaired) electrons. The second kappa shape index (κ2) is 10.8. The molecule has 0 saturated heterocycles. The molecule has 2 aromatic carbocycles. The van der Waals surface area contributed by atoms with Gasteiger partial charge in [0.15, 0.2) is 17.5 Å². The molecule has 2 aromatic rings. The molecular weight excluding hydrogens is 356 g/mol. The predicted octanol–water partition coefficient (Wildman–Crippen LogP) is 3.03. The highest BCUT2D eigenvalue weighted by atomic mass is 16.5. The second-order valence-corrected chi connectivity index (χ2v) is 5.89. The number of guanidine groups is 1. The molecule has 0 bridgehead atoms. The second-order valence-electron chi connectivity index (χ2n) is 5.89. The Morgan fingerprint density at radius 3 is 2.43 bits per heavy atom. The zero-order valence-electron chi connectivity index (χ0n) is 16.8. The first-order valence-corrected chi connectivity index (χ1v) is 9.28. The minimum absolute atomic E-state index is 0.102. The van der Waals surface area contributed by atoms with Crippen LogP contribution in [-0.2, 0) is 6.54 Å². The smallest absolute Gasteiger partial charge is 0.251 e. The number of aliphatic imine (C=N–C) groups is 1. The number of ether oxygens (including phenoxy) is 2. The van der Waals surface area contributed by atoms with E-state index in [1.807, 2.05) is 44.2 Å². The summed E-state index contributed by atoms with van der Waals surface area (Å²) >= 11 is 0. The monoisotopic (exact) mass is 384 g/mol. The topological polar surface area (TPSA) is 84.0 Å². The van der Waals surface area contributed by atoms with Gasteiger partial charge in [0.05, 0.1) is 20.3 Å². The third kappa shape index (κ3) is 5.90.